The Morgan fingerprint density at radius 2 is 0.969 bits per heavy atom. The van der Waals surface area contributed by atoms with Crippen molar-refractivity contribution in [3.05, 3.63) is 84.4 Å². The van der Waals surface area contributed by atoms with Gasteiger partial charge in [-0.2, -0.15) is 0 Å². The lowest BCUT2D eigenvalue weighted by molar-refractivity contribution is -0.143. The minimum atomic E-state index is -1.22. The first-order valence-corrected chi connectivity index (χ1v) is 20.9. The van der Waals surface area contributed by atoms with Crippen molar-refractivity contribution in [2.45, 2.75) is 12.8 Å². The molecule has 4 aromatic carbocycles. The molecule has 3 heterocycles. The molecule has 0 saturated carbocycles. The molecule has 0 aliphatic carbocycles. The fourth-order valence-corrected chi connectivity index (χ4v) is 7.37. The zero-order valence-corrected chi connectivity index (χ0v) is 35.5. The van der Waals surface area contributed by atoms with E-state index in [1.165, 1.54) is 4.90 Å². The largest absolute Gasteiger partial charge is 0.508 e. The van der Waals surface area contributed by atoms with E-state index in [0.717, 1.165) is 49.2 Å². The summed E-state index contributed by atoms with van der Waals surface area (Å²) in [5.41, 5.74) is 7.78. The van der Waals surface area contributed by atoms with Crippen molar-refractivity contribution >= 4 is 62.8 Å². The van der Waals surface area contributed by atoms with E-state index in [2.05, 4.69) is 30.5 Å². The third kappa shape index (κ3) is 12.3. The molecule has 0 saturated heterocycles. The predicted molar refractivity (Wildman–Crippen MR) is 241 cm³/mol. The number of hydrogen-bond acceptors (Lipinski definition) is 12. The van der Waals surface area contributed by atoms with E-state index in [1.54, 1.807) is 24.3 Å². The Hall–Kier alpha value is -7.68. The number of amides is 2. The molecule has 0 fully saturated rings. The van der Waals surface area contributed by atoms with Gasteiger partial charge in [0.05, 0.1) is 59.3 Å². The number of aromatic nitrogens is 6. The van der Waals surface area contributed by atoms with Crippen LogP contribution < -0.4 is 10.6 Å². The van der Waals surface area contributed by atoms with Crippen LogP contribution in [0.3, 0.4) is 0 Å². The van der Waals surface area contributed by atoms with Crippen LogP contribution in [0.5, 0.6) is 5.75 Å². The van der Waals surface area contributed by atoms with Crippen molar-refractivity contribution in [1.82, 2.24) is 55.2 Å². The van der Waals surface area contributed by atoms with Gasteiger partial charge >= 0.3 is 17.9 Å². The monoisotopic (exact) mass is 887 g/mol. The van der Waals surface area contributed by atoms with Crippen LogP contribution >= 0.6 is 0 Å². The molecule has 7 aromatic rings. The molecule has 0 aliphatic rings. The highest BCUT2D eigenvalue weighted by atomic mass is 16.4. The van der Waals surface area contributed by atoms with Gasteiger partial charge in [-0.3, -0.25) is 33.8 Å². The Bertz CT molecular complexity index is 2820. The number of aromatic amines is 3. The van der Waals surface area contributed by atoms with E-state index in [0.29, 0.717) is 67.6 Å². The fourth-order valence-electron chi connectivity index (χ4n) is 7.37. The molecule has 65 heavy (non-hydrogen) atoms. The number of carboxylic acids is 3. The van der Waals surface area contributed by atoms with Crippen LogP contribution in [-0.2, 0) is 19.2 Å². The van der Waals surface area contributed by atoms with Gasteiger partial charge in [0.2, 0.25) is 5.91 Å². The van der Waals surface area contributed by atoms with Gasteiger partial charge in [0.15, 0.2) is 0 Å². The minimum Gasteiger partial charge on any atom is -0.508 e. The summed E-state index contributed by atoms with van der Waals surface area (Å²) in [6.07, 6.45) is 1.31. The highest BCUT2D eigenvalue weighted by Crippen LogP contribution is 2.29. The first kappa shape index (κ1) is 45.3. The molecule has 7 rings (SSSR count). The van der Waals surface area contributed by atoms with Crippen LogP contribution in [0.15, 0.2) is 78.9 Å². The number of hydrogen-bond donors (Lipinski definition) is 9. The van der Waals surface area contributed by atoms with Crippen LogP contribution in [0, 0.1) is 0 Å². The maximum absolute atomic E-state index is 13.1. The summed E-state index contributed by atoms with van der Waals surface area (Å²) in [5, 5.41) is 42.7. The van der Waals surface area contributed by atoms with Crippen molar-refractivity contribution in [2.24, 2.45) is 0 Å². The maximum atomic E-state index is 13.1. The van der Waals surface area contributed by atoms with Crippen LogP contribution in [0.25, 0.3) is 67.3 Å². The Morgan fingerprint density at radius 3 is 1.48 bits per heavy atom. The first-order chi connectivity index (χ1) is 31.3. The summed E-state index contributed by atoms with van der Waals surface area (Å²) in [6.45, 7) is 0.316. The van der Waals surface area contributed by atoms with Crippen LogP contribution in [0.4, 0.5) is 0 Å². The number of benzene rings is 4. The lowest BCUT2D eigenvalue weighted by Gasteiger charge is -2.24. The average Bonchev–Trinajstić information content (AvgIpc) is 4.01. The molecular weight excluding hydrogens is 839 g/mol. The Balaban J connectivity index is 0.850. The number of fused-ring (bicyclic) bond motifs is 3. The van der Waals surface area contributed by atoms with Crippen molar-refractivity contribution in [3.8, 4) is 39.9 Å². The number of imidazole rings is 3. The van der Waals surface area contributed by atoms with Gasteiger partial charge in [0.25, 0.3) is 5.91 Å². The molecule has 0 aliphatic heterocycles. The molecule has 338 valence electrons. The number of carboxylic acid groups (broad SMARTS) is 3. The number of H-pyrrole nitrogens is 3. The van der Waals surface area contributed by atoms with Crippen molar-refractivity contribution in [3.63, 3.8) is 0 Å². The van der Waals surface area contributed by atoms with Gasteiger partial charge in [0.1, 0.15) is 23.2 Å². The second kappa shape index (κ2) is 20.7. The highest BCUT2D eigenvalue weighted by Gasteiger charge is 2.19. The van der Waals surface area contributed by atoms with Crippen molar-refractivity contribution in [2.75, 3.05) is 72.5 Å². The van der Waals surface area contributed by atoms with E-state index in [9.17, 15) is 34.2 Å². The van der Waals surface area contributed by atoms with Gasteiger partial charge in [-0.25, -0.2) is 15.0 Å². The normalized spacial score (nSPS) is 11.6. The average molecular weight is 888 g/mol. The Labute approximate surface area is 371 Å². The SMILES string of the molecule is CN(CCCNC(=O)CN(CCN(CC(=O)O)CC(=O)O)CC(=O)O)CCCNC(=O)c1ccc2[nH]c(-c3ccc4[nH]c(-c5ccc6[nH]c(-c7ccc(O)cc7)nc6c5)nc4c3)nc2c1. The number of phenolic OH excluding ortho intramolecular Hbond substituents is 1. The standard InChI is InChI=1S/C45H49N11O9/c1-54(16-2-14-46-38(58)23-55(24-39(59)60)18-19-56(25-40(61)62)26-41(63)64)17-3-15-47-45(65)30-8-13-34-37(22-30)53-44(50-34)29-7-12-33-36(21-29)52-43(49-33)28-6-11-32-35(20-28)51-42(48-32)27-4-9-31(57)10-5-27/h4-13,20-22,57H,2-3,14-19,23-26H2,1H3,(H,46,58)(H,47,65)(H,48,51)(H,49,52)(H,50,53)(H,59,60)(H,61,62)(H,63,64). The molecule has 3 aromatic heterocycles. The molecule has 20 nitrogen and oxygen atoms in total. The summed E-state index contributed by atoms with van der Waals surface area (Å²) in [6, 6.07) is 24.0. The number of carbonyl (C=O) groups excluding carboxylic acids is 2. The summed E-state index contributed by atoms with van der Waals surface area (Å²) in [5.74, 6) is -2.00. The smallest absolute Gasteiger partial charge is 0.317 e. The number of carbonyl (C=O) groups is 5. The molecule has 0 radical (unpaired) electrons. The second-order valence-corrected chi connectivity index (χ2v) is 15.7. The molecule has 0 atom stereocenters. The third-order valence-electron chi connectivity index (χ3n) is 10.6. The Kier molecular flexibility index (Phi) is 14.4. The number of aliphatic carboxylic acids is 3. The summed E-state index contributed by atoms with van der Waals surface area (Å²) in [4.78, 5) is 88.1. The third-order valence-corrected chi connectivity index (χ3v) is 10.6. The van der Waals surface area contributed by atoms with Gasteiger partial charge < -0.3 is 50.9 Å². The predicted octanol–water partition coefficient (Wildman–Crippen LogP) is 3.44. The minimum absolute atomic E-state index is 0.00965. The van der Waals surface area contributed by atoms with Gasteiger partial charge in [-0.05, 0) is 112 Å². The molecular formula is C45H49N11O9. The van der Waals surface area contributed by atoms with Crippen molar-refractivity contribution < 1.29 is 44.4 Å². The fraction of sp³-hybridized carbons (Fsp3) is 0.289. The topological polar surface area (TPSA) is 286 Å². The molecule has 0 unspecified atom stereocenters. The summed E-state index contributed by atoms with van der Waals surface area (Å²) >= 11 is 0. The van der Waals surface area contributed by atoms with Gasteiger partial charge in [-0.1, -0.05) is 0 Å². The summed E-state index contributed by atoms with van der Waals surface area (Å²) in [7, 11) is 1.93. The lowest BCUT2D eigenvalue weighted by Crippen LogP contribution is -2.45. The van der Waals surface area contributed by atoms with Crippen LogP contribution in [-0.4, -0.2) is 167 Å². The number of rotatable bonds is 23. The number of nitrogens with one attached hydrogen (secondary N) is 5. The quantitative estimate of drug-likeness (QED) is 0.0416. The number of aromatic hydroxyl groups is 1. The van der Waals surface area contributed by atoms with E-state index < -0.39 is 43.4 Å². The van der Waals surface area contributed by atoms with Gasteiger partial charge in [0, 0.05) is 48.4 Å². The van der Waals surface area contributed by atoms with Gasteiger partial charge in [-0.15, -0.1) is 0 Å². The summed E-state index contributed by atoms with van der Waals surface area (Å²) < 4.78 is 0. The highest BCUT2D eigenvalue weighted by molar-refractivity contribution is 5.98. The molecule has 2 amide bonds. The van der Waals surface area contributed by atoms with Crippen LogP contribution in [0.1, 0.15) is 23.2 Å². The van der Waals surface area contributed by atoms with E-state index in [4.69, 9.17) is 25.2 Å². The maximum Gasteiger partial charge on any atom is 0.317 e. The first-order valence-electron chi connectivity index (χ1n) is 20.9. The molecule has 0 bridgehead atoms. The molecule has 20 heteroatoms. The number of phenols is 1. The lowest BCUT2D eigenvalue weighted by atomic mass is 10.2. The Morgan fingerprint density at radius 1 is 0.538 bits per heavy atom. The number of nitrogens with zero attached hydrogens (tertiary/aromatic N) is 6. The molecule has 9 N–H and O–H groups in total. The van der Waals surface area contributed by atoms with E-state index in [-0.39, 0.29) is 31.3 Å². The second-order valence-electron chi connectivity index (χ2n) is 15.7. The van der Waals surface area contributed by atoms with E-state index in [1.807, 2.05) is 61.6 Å². The molecule has 0 spiro atoms. The van der Waals surface area contributed by atoms with Crippen molar-refractivity contribution in [1.29, 1.82) is 0 Å². The zero-order chi connectivity index (χ0) is 46.0. The van der Waals surface area contributed by atoms with E-state index >= 15 is 0 Å². The zero-order valence-electron chi connectivity index (χ0n) is 35.5. The van der Waals surface area contributed by atoms with Crippen LogP contribution in [0.2, 0.25) is 0 Å².